The summed E-state index contributed by atoms with van der Waals surface area (Å²) in [4.78, 5) is 0.329. The summed E-state index contributed by atoms with van der Waals surface area (Å²) < 4.78 is 29.5. The molecule has 0 aromatic heterocycles. The highest BCUT2D eigenvalue weighted by molar-refractivity contribution is 7.89. The molecule has 90 valence electrons. The molecule has 0 atom stereocenters. The van der Waals surface area contributed by atoms with E-state index in [1.165, 1.54) is 11.4 Å². The highest BCUT2D eigenvalue weighted by Gasteiger charge is 2.19. The van der Waals surface area contributed by atoms with Crippen molar-refractivity contribution in [2.45, 2.75) is 13.3 Å². The zero-order valence-electron chi connectivity index (χ0n) is 9.10. The summed E-state index contributed by atoms with van der Waals surface area (Å²) in [6, 6.07) is 0. The van der Waals surface area contributed by atoms with Gasteiger partial charge in [0.15, 0.2) is 0 Å². The fourth-order valence-corrected chi connectivity index (χ4v) is 2.54. The average Bonchev–Trinajstić information content (AvgIpc) is 2.15. The van der Waals surface area contributed by atoms with Crippen molar-refractivity contribution in [2.24, 2.45) is 5.73 Å². The number of hydrogen-bond acceptors (Lipinski definition) is 4. The summed E-state index contributed by atoms with van der Waals surface area (Å²) in [5.41, 5.74) is 5.32. The molecule has 0 aliphatic heterocycles. The van der Waals surface area contributed by atoms with Gasteiger partial charge in [0, 0.05) is 26.6 Å². The SMILES string of the molecule is CCN(CCC(N)=S)S(=O)(=O)CCOC. The minimum Gasteiger partial charge on any atom is -0.393 e. The van der Waals surface area contributed by atoms with E-state index < -0.39 is 10.0 Å². The number of ether oxygens (including phenoxy) is 1. The summed E-state index contributed by atoms with van der Waals surface area (Å²) in [5.74, 6) is -0.00528. The van der Waals surface area contributed by atoms with Gasteiger partial charge < -0.3 is 10.5 Å². The number of thiocarbonyl (C=S) groups is 1. The molecule has 0 aliphatic rings. The molecule has 0 aromatic carbocycles. The van der Waals surface area contributed by atoms with E-state index in [0.29, 0.717) is 24.5 Å². The van der Waals surface area contributed by atoms with Crippen molar-refractivity contribution < 1.29 is 13.2 Å². The third-order valence-corrected chi connectivity index (χ3v) is 4.01. The average molecular weight is 254 g/mol. The molecule has 15 heavy (non-hydrogen) atoms. The molecular formula is C8H18N2O3S2. The third-order valence-electron chi connectivity index (χ3n) is 1.90. The van der Waals surface area contributed by atoms with Crippen molar-refractivity contribution in [3.63, 3.8) is 0 Å². The van der Waals surface area contributed by atoms with Crippen LogP contribution >= 0.6 is 12.2 Å². The van der Waals surface area contributed by atoms with Gasteiger partial charge in [-0.3, -0.25) is 0 Å². The molecule has 0 aliphatic carbocycles. The van der Waals surface area contributed by atoms with Gasteiger partial charge in [-0.05, 0) is 0 Å². The number of methoxy groups -OCH3 is 1. The van der Waals surface area contributed by atoms with E-state index in [0.717, 1.165) is 0 Å². The quantitative estimate of drug-likeness (QED) is 0.615. The van der Waals surface area contributed by atoms with E-state index in [4.69, 9.17) is 22.7 Å². The Bertz CT molecular complexity index is 290. The second kappa shape index (κ2) is 7.10. The molecule has 7 heteroatoms. The first-order valence-electron chi connectivity index (χ1n) is 4.69. The fourth-order valence-electron chi connectivity index (χ4n) is 1.05. The Balaban J connectivity index is 4.31. The monoisotopic (exact) mass is 254 g/mol. The molecule has 0 rings (SSSR count). The van der Waals surface area contributed by atoms with Gasteiger partial charge in [-0.2, -0.15) is 0 Å². The zero-order chi connectivity index (χ0) is 11.9. The normalized spacial score (nSPS) is 11.9. The molecule has 0 aromatic rings. The molecule has 0 radical (unpaired) electrons. The van der Waals surface area contributed by atoms with Crippen LogP contribution in [0.2, 0.25) is 0 Å². The van der Waals surface area contributed by atoms with Gasteiger partial charge in [-0.1, -0.05) is 19.1 Å². The van der Waals surface area contributed by atoms with Crippen molar-refractivity contribution in [1.82, 2.24) is 4.31 Å². The lowest BCUT2D eigenvalue weighted by Gasteiger charge is -2.19. The first-order chi connectivity index (χ1) is 6.94. The van der Waals surface area contributed by atoms with Gasteiger partial charge in [0.05, 0.1) is 17.3 Å². The molecule has 0 spiro atoms. The van der Waals surface area contributed by atoms with E-state index >= 15 is 0 Å². The number of nitrogens with zero attached hydrogens (tertiary/aromatic N) is 1. The van der Waals surface area contributed by atoms with E-state index in [1.54, 1.807) is 6.92 Å². The number of sulfonamides is 1. The lowest BCUT2D eigenvalue weighted by atomic mass is 10.4. The lowest BCUT2D eigenvalue weighted by Crippen LogP contribution is -2.36. The van der Waals surface area contributed by atoms with Crippen molar-refractivity contribution in [3.8, 4) is 0 Å². The van der Waals surface area contributed by atoms with Crippen LogP contribution in [-0.4, -0.2) is 50.3 Å². The Labute approximate surface area is 96.6 Å². The van der Waals surface area contributed by atoms with Crippen LogP contribution in [0.3, 0.4) is 0 Å². The first kappa shape index (κ1) is 14.8. The van der Waals surface area contributed by atoms with Crippen LogP contribution < -0.4 is 5.73 Å². The maximum atomic E-state index is 11.7. The minimum absolute atomic E-state index is 0.00528. The Morgan fingerprint density at radius 2 is 2.13 bits per heavy atom. The molecule has 0 bridgehead atoms. The van der Waals surface area contributed by atoms with Gasteiger partial charge in [0.2, 0.25) is 10.0 Å². The van der Waals surface area contributed by atoms with Crippen LogP contribution in [0.5, 0.6) is 0 Å². The topological polar surface area (TPSA) is 72.6 Å². The second-order valence-corrected chi connectivity index (χ2v) is 5.63. The lowest BCUT2D eigenvalue weighted by molar-refractivity contribution is 0.215. The van der Waals surface area contributed by atoms with E-state index in [-0.39, 0.29) is 12.4 Å². The van der Waals surface area contributed by atoms with Gasteiger partial charge in [0.25, 0.3) is 0 Å². The Kier molecular flexibility index (Phi) is 6.99. The summed E-state index contributed by atoms with van der Waals surface area (Å²) in [7, 11) is -1.76. The van der Waals surface area contributed by atoms with Crippen LogP contribution in [0.15, 0.2) is 0 Å². The highest BCUT2D eigenvalue weighted by Crippen LogP contribution is 2.02. The maximum Gasteiger partial charge on any atom is 0.216 e. The molecule has 0 saturated heterocycles. The Morgan fingerprint density at radius 1 is 1.53 bits per heavy atom. The summed E-state index contributed by atoms with van der Waals surface area (Å²) in [6.07, 6.45) is 0.412. The number of hydrogen-bond donors (Lipinski definition) is 1. The Hall–Kier alpha value is -0.240. The van der Waals surface area contributed by atoms with Crippen LogP contribution in [0.25, 0.3) is 0 Å². The molecule has 0 amide bonds. The number of rotatable bonds is 8. The summed E-state index contributed by atoms with van der Waals surface area (Å²) in [6.45, 7) is 2.75. The second-order valence-electron chi connectivity index (χ2n) is 3.02. The van der Waals surface area contributed by atoms with Crippen LogP contribution in [-0.2, 0) is 14.8 Å². The van der Waals surface area contributed by atoms with E-state index in [2.05, 4.69) is 0 Å². The minimum atomic E-state index is -3.24. The van der Waals surface area contributed by atoms with Gasteiger partial charge in [-0.25, -0.2) is 12.7 Å². The molecule has 0 unspecified atom stereocenters. The fraction of sp³-hybridized carbons (Fsp3) is 0.875. The molecule has 0 fully saturated rings. The largest absolute Gasteiger partial charge is 0.393 e. The molecule has 0 saturated carbocycles. The number of nitrogens with two attached hydrogens (primary N) is 1. The van der Waals surface area contributed by atoms with Crippen LogP contribution in [0.1, 0.15) is 13.3 Å². The Morgan fingerprint density at radius 3 is 2.53 bits per heavy atom. The van der Waals surface area contributed by atoms with Gasteiger partial charge >= 0.3 is 0 Å². The smallest absolute Gasteiger partial charge is 0.216 e. The van der Waals surface area contributed by atoms with Crippen LogP contribution in [0, 0.1) is 0 Å². The van der Waals surface area contributed by atoms with Gasteiger partial charge in [-0.15, -0.1) is 0 Å². The van der Waals surface area contributed by atoms with Crippen molar-refractivity contribution >= 4 is 27.2 Å². The molecule has 2 N–H and O–H groups in total. The van der Waals surface area contributed by atoms with Gasteiger partial charge in [0.1, 0.15) is 0 Å². The van der Waals surface area contributed by atoms with Crippen LogP contribution in [0.4, 0.5) is 0 Å². The highest BCUT2D eigenvalue weighted by atomic mass is 32.2. The van der Waals surface area contributed by atoms with Crippen molar-refractivity contribution in [1.29, 1.82) is 0 Å². The zero-order valence-corrected chi connectivity index (χ0v) is 10.7. The third kappa shape index (κ3) is 6.03. The van der Waals surface area contributed by atoms with Crippen molar-refractivity contribution in [3.05, 3.63) is 0 Å². The van der Waals surface area contributed by atoms with E-state index in [9.17, 15) is 8.42 Å². The van der Waals surface area contributed by atoms with Crippen molar-refractivity contribution in [2.75, 3.05) is 32.6 Å². The summed E-state index contributed by atoms with van der Waals surface area (Å²) in [5, 5.41) is 0. The predicted octanol–water partition coefficient (Wildman–Crippen LogP) is -0.0393. The molecule has 0 heterocycles. The van der Waals surface area contributed by atoms with E-state index in [1.807, 2.05) is 0 Å². The predicted molar refractivity (Wildman–Crippen MR) is 64.3 cm³/mol. The molecular weight excluding hydrogens is 236 g/mol. The molecule has 5 nitrogen and oxygen atoms in total. The first-order valence-corrected chi connectivity index (χ1v) is 6.70. The standard InChI is InChI=1S/C8H18N2O3S2/c1-3-10(5-4-8(9)14)15(11,12)7-6-13-2/h3-7H2,1-2H3,(H2,9,14). The summed E-state index contributed by atoms with van der Waals surface area (Å²) >= 11 is 4.70. The maximum absolute atomic E-state index is 11.7.